The molecular weight excluding hydrogens is 294 g/mol. The van der Waals surface area contributed by atoms with E-state index in [1.807, 2.05) is 0 Å². The van der Waals surface area contributed by atoms with Crippen molar-refractivity contribution >= 4 is 11.9 Å². The lowest BCUT2D eigenvalue weighted by Gasteiger charge is -2.30. The SMILES string of the molecule is COc1ccccc1C(=O)O[C@H](C)C(=O)N[C@@H]1CCCC[C@H]1C. The summed E-state index contributed by atoms with van der Waals surface area (Å²) in [5.74, 6) is 0.102. The van der Waals surface area contributed by atoms with Gasteiger partial charge in [-0.1, -0.05) is 31.9 Å². The Balaban J connectivity index is 1.93. The first-order valence-electron chi connectivity index (χ1n) is 8.17. The molecule has 1 aromatic carbocycles. The van der Waals surface area contributed by atoms with E-state index in [9.17, 15) is 9.59 Å². The topological polar surface area (TPSA) is 64.6 Å². The van der Waals surface area contributed by atoms with E-state index >= 15 is 0 Å². The van der Waals surface area contributed by atoms with Gasteiger partial charge < -0.3 is 14.8 Å². The minimum Gasteiger partial charge on any atom is -0.496 e. The summed E-state index contributed by atoms with van der Waals surface area (Å²) in [6, 6.07) is 6.98. The van der Waals surface area contributed by atoms with Gasteiger partial charge in [-0.15, -0.1) is 0 Å². The van der Waals surface area contributed by atoms with Crippen molar-refractivity contribution in [3.8, 4) is 5.75 Å². The lowest BCUT2D eigenvalue weighted by atomic mass is 9.86. The Labute approximate surface area is 137 Å². The highest BCUT2D eigenvalue weighted by molar-refractivity contribution is 5.94. The van der Waals surface area contributed by atoms with Gasteiger partial charge in [-0.3, -0.25) is 4.79 Å². The van der Waals surface area contributed by atoms with E-state index < -0.39 is 12.1 Å². The van der Waals surface area contributed by atoms with E-state index in [4.69, 9.17) is 9.47 Å². The molecule has 0 saturated heterocycles. The first kappa shape index (κ1) is 17.3. The summed E-state index contributed by atoms with van der Waals surface area (Å²) >= 11 is 0. The van der Waals surface area contributed by atoms with Crippen molar-refractivity contribution in [1.82, 2.24) is 5.32 Å². The number of amides is 1. The number of hydrogen-bond acceptors (Lipinski definition) is 4. The standard InChI is InChI=1S/C18H25NO4/c1-12-8-4-6-10-15(12)19-17(20)13(2)23-18(21)14-9-5-7-11-16(14)22-3/h5,7,9,11-13,15H,4,6,8,10H2,1-3H3,(H,19,20)/t12-,13-,15-/m1/s1. The second-order valence-corrected chi connectivity index (χ2v) is 6.12. The Kier molecular flexibility index (Phi) is 6.02. The van der Waals surface area contributed by atoms with E-state index in [-0.39, 0.29) is 11.9 Å². The van der Waals surface area contributed by atoms with Crippen LogP contribution in [0.5, 0.6) is 5.75 Å². The molecule has 0 radical (unpaired) electrons. The minimum absolute atomic E-state index is 0.170. The summed E-state index contributed by atoms with van der Waals surface area (Å²) in [7, 11) is 1.49. The van der Waals surface area contributed by atoms with Crippen molar-refractivity contribution in [2.24, 2.45) is 5.92 Å². The van der Waals surface area contributed by atoms with E-state index in [0.717, 1.165) is 19.3 Å². The van der Waals surface area contributed by atoms with Gasteiger partial charge in [-0.05, 0) is 37.8 Å². The van der Waals surface area contributed by atoms with Crippen molar-refractivity contribution in [1.29, 1.82) is 0 Å². The molecule has 0 heterocycles. The molecular formula is C18H25NO4. The third-order valence-electron chi connectivity index (χ3n) is 4.42. The number of carbonyl (C=O) groups is 2. The number of nitrogens with one attached hydrogen (secondary N) is 1. The molecule has 0 aliphatic heterocycles. The maximum Gasteiger partial charge on any atom is 0.342 e. The van der Waals surface area contributed by atoms with Crippen molar-refractivity contribution in [3.63, 3.8) is 0 Å². The smallest absolute Gasteiger partial charge is 0.342 e. The molecule has 0 bridgehead atoms. The molecule has 1 aliphatic rings. The molecule has 1 aliphatic carbocycles. The van der Waals surface area contributed by atoms with E-state index in [2.05, 4.69) is 12.2 Å². The Bertz CT molecular complexity index is 558. The van der Waals surface area contributed by atoms with E-state index in [1.54, 1.807) is 31.2 Å². The molecule has 1 N–H and O–H groups in total. The van der Waals surface area contributed by atoms with Gasteiger partial charge in [0.15, 0.2) is 6.10 Å². The molecule has 0 spiro atoms. The average molecular weight is 319 g/mol. The molecule has 3 atom stereocenters. The van der Waals surface area contributed by atoms with Crippen LogP contribution in [0, 0.1) is 5.92 Å². The van der Waals surface area contributed by atoms with Crippen LogP contribution in [-0.4, -0.2) is 31.1 Å². The van der Waals surface area contributed by atoms with Crippen molar-refractivity contribution < 1.29 is 19.1 Å². The number of methoxy groups -OCH3 is 1. The highest BCUT2D eigenvalue weighted by atomic mass is 16.5. The van der Waals surface area contributed by atoms with Crippen molar-refractivity contribution in [2.45, 2.75) is 51.7 Å². The van der Waals surface area contributed by atoms with Crippen LogP contribution >= 0.6 is 0 Å². The summed E-state index contributed by atoms with van der Waals surface area (Å²) < 4.78 is 10.4. The van der Waals surface area contributed by atoms with Gasteiger partial charge in [0.2, 0.25) is 0 Å². The molecule has 0 unspecified atom stereocenters. The van der Waals surface area contributed by atoms with Gasteiger partial charge >= 0.3 is 5.97 Å². The van der Waals surface area contributed by atoms with Crippen LogP contribution in [0.2, 0.25) is 0 Å². The molecule has 5 nitrogen and oxygen atoms in total. The molecule has 0 aromatic heterocycles. The van der Waals surface area contributed by atoms with Crippen molar-refractivity contribution in [3.05, 3.63) is 29.8 Å². The normalized spacial score (nSPS) is 22.0. The summed E-state index contributed by atoms with van der Waals surface area (Å²) in [5, 5.41) is 3.01. The molecule has 1 aromatic rings. The quantitative estimate of drug-likeness (QED) is 0.848. The predicted octanol–water partition coefficient (Wildman–Crippen LogP) is 2.94. The molecule has 2 rings (SSSR count). The van der Waals surface area contributed by atoms with E-state index in [0.29, 0.717) is 17.2 Å². The molecule has 23 heavy (non-hydrogen) atoms. The van der Waals surface area contributed by atoms with Gasteiger partial charge in [0, 0.05) is 6.04 Å². The van der Waals surface area contributed by atoms with Gasteiger partial charge in [0.1, 0.15) is 11.3 Å². The van der Waals surface area contributed by atoms with Crippen LogP contribution in [0.1, 0.15) is 49.9 Å². The Morgan fingerprint density at radius 1 is 1.22 bits per heavy atom. The Morgan fingerprint density at radius 3 is 2.61 bits per heavy atom. The van der Waals surface area contributed by atoms with Crippen LogP contribution in [0.25, 0.3) is 0 Å². The zero-order valence-electron chi connectivity index (χ0n) is 14.0. The number of esters is 1. The summed E-state index contributed by atoms with van der Waals surface area (Å²) in [5.41, 5.74) is 0.320. The van der Waals surface area contributed by atoms with Crippen molar-refractivity contribution in [2.75, 3.05) is 7.11 Å². The van der Waals surface area contributed by atoms with Gasteiger partial charge in [-0.25, -0.2) is 4.79 Å². The second kappa shape index (κ2) is 7.99. The number of benzene rings is 1. The lowest BCUT2D eigenvalue weighted by molar-refractivity contribution is -0.130. The number of rotatable bonds is 5. The third-order valence-corrected chi connectivity index (χ3v) is 4.42. The Morgan fingerprint density at radius 2 is 1.91 bits per heavy atom. The summed E-state index contributed by atoms with van der Waals surface area (Å²) in [4.78, 5) is 24.5. The zero-order valence-corrected chi connectivity index (χ0v) is 14.0. The highest BCUT2D eigenvalue weighted by Gasteiger charge is 2.27. The fourth-order valence-corrected chi connectivity index (χ4v) is 2.92. The lowest BCUT2D eigenvalue weighted by Crippen LogP contribution is -2.46. The first-order valence-corrected chi connectivity index (χ1v) is 8.17. The van der Waals surface area contributed by atoms with Crippen LogP contribution in [-0.2, 0) is 9.53 Å². The van der Waals surface area contributed by atoms with E-state index in [1.165, 1.54) is 13.5 Å². The second-order valence-electron chi connectivity index (χ2n) is 6.12. The maximum absolute atomic E-state index is 12.3. The molecule has 5 heteroatoms. The highest BCUT2D eigenvalue weighted by Crippen LogP contribution is 2.24. The molecule has 1 saturated carbocycles. The van der Waals surface area contributed by atoms with Crippen LogP contribution < -0.4 is 10.1 Å². The van der Waals surface area contributed by atoms with Gasteiger partial charge in [0.25, 0.3) is 5.91 Å². The maximum atomic E-state index is 12.3. The molecule has 1 amide bonds. The predicted molar refractivity (Wildman–Crippen MR) is 87.4 cm³/mol. The Hall–Kier alpha value is -2.04. The monoisotopic (exact) mass is 319 g/mol. The van der Waals surface area contributed by atoms with Gasteiger partial charge in [0.05, 0.1) is 7.11 Å². The largest absolute Gasteiger partial charge is 0.496 e. The zero-order chi connectivity index (χ0) is 16.8. The summed E-state index contributed by atoms with van der Waals surface area (Å²) in [6.07, 6.45) is 3.62. The molecule has 1 fully saturated rings. The van der Waals surface area contributed by atoms with Crippen LogP contribution in [0.15, 0.2) is 24.3 Å². The first-order chi connectivity index (χ1) is 11.0. The number of hydrogen-bond donors (Lipinski definition) is 1. The summed E-state index contributed by atoms with van der Waals surface area (Å²) in [6.45, 7) is 3.74. The van der Waals surface area contributed by atoms with Crippen LogP contribution in [0.3, 0.4) is 0 Å². The fraction of sp³-hybridized carbons (Fsp3) is 0.556. The number of para-hydroxylation sites is 1. The third kappa shape index (κ3) is 4.47. The number of carbonyl (C=O) groups excluding carboxylic acids is 2. The molecule has 126 valence electrons. The fourth-order valence-electron chi connectivity index (χ4n) is 2.92. The van der Waals surface area contributed by atoms with Gasteiger partial charge in [-0.2, -0.15) is 0 Å². The average Bonchev–Trinajstić information content (AvgIpc) is 2.56. The minimum atomic E-state index is -0.832. The van der Waals surface area contributed by atoms with Crippen LogP contribution in [0.4, 0.5) is 0 Å². The number of ether oxygens (including phenoxy) is 2.